The summed E-state index contributed by atoms with van der Waals surface area (Å²) < 4.78 is 13.3. The van der Waals surface area contributed by atoms with Crippen molar-refractivity contribution in [2.45, 2.75) is 19.4 Å². The van der Waals surface area contributed by atoms with E-state index in [1.54, 1.807) is 6.92 Å². The zero-order chi connectivity index (χ0) is 10.7. The summed E-state index contributed by atoms with van der Waals surface area (Å²) in [4.78, 5) is 0. The highest BCUT2D eigenvalue weighted by Crippen LogP contribution is 2.30. The normalized spacial score (nSPS) is 12.1. The van der Waals surface area contributed by atoms with Gasteiger partial charge in [0.15, 0.2) is 0 Å². The van der Waals surface area contributed by atoms with Crippen LogP contribution >= 0.6 is 0 Å². The Morgan fingerprint density at radius 2 is 2.29 bits per heavy atom. The Bertz CT molecular complexity index is 384. The number of hydrogen-bond acceptors (Lipinski definition) is 3. The molecule has 0 aliphatic heterocycles. The number of hydrogen-bond donors (Lipinski definition) is 2. The van der Waals surface area contributed by atoms with Crippen molar-refractivity contribution < 1.29 is 9.50 Å². The van der Waals surface area contributed by atoms with Crippen LogP contribution in [0.3, 0.4) is 0 Å². The topological polar surface area (TPSA) is 70.0 Å². The second kappa shape index (κ2) is 4.07. The van der Waals surface area contributed by atoms with Gasteiger partial charge in [-0.3, -0.25) is 0 Å². The molecule has 0 aromatic heterocycles. The lowest BCUT2D eigenvalue weighted by Crippen LogP contribution is -2.12. The Morgan fingerprint density at radius 3 is 2.86 bits per heavy atom. The van der Waals surface area contributed by atoms with Crippen molar-refractivity contribution in [1.82, 2.24) is 0 Å². The van der Waals surface area contributed by atoms with Gasteiger partial charge in [0.05, 0.1) is 12.5 Å². The number of benzene rings is 1. The molecular weight excluding hydrogens is 183 g/mol. The van der Waals surface area contributed by atoms with E-state index >= 15 is 0 Å². The number of nitrogens with zero attached hydrogens (tertiary/aromatic N) is 1. The number of aryl methyl sites for hydroxylation is 1. The lowest BCUT2D eigenvalue weighted by molar-refractivity contribution is 0.445. The fraction of sp³-hybridized carbons (Fsp3) is 0.300. The summed E-state index contributed by atoms with van der Waals surface area (Å²) in [6, 6.07) is 3.76. The molecule has 0 saturated heterocycles. The van der Waals surface area contributed by atoms with Crippen LogP contribution in [0.25, 0.3) is 0 Å². The Balaban J connectivity index is 3.19. The molecule has 0 amide bonds. The van der Waals surface area contributed by atoms with E-state index in [0.29, 0.717) is 5.56 Å². The molecule has 0 fully saturated rings. The molecule has 4 heteroatoms. The molecule has 74 valence electrons. The first kappa shape index (κ1) is 10.5. The van der Waals surface area contributed by atoms with Crippen LogP contribution in [0.4, 0.5) is 4.39 Å². The lowest BCUT2D eigenvalue weighted by atomic mass is 10.0. The standard InChI is InChI=1S/C10H11FN2O/c1-6-2-3-7(11)9(10(6)14)8(13)4-5-12/h2-3,8,14H,4,13H2,1H3/t8-/m1/s1. The lowest BCUT2D eigenvalue weighted by Gasteiger charge is -2.12. The third-order valence-corrected chi connectivity index (χ3v) is 2.05. The van der Waals surface area contributed by atoms with Gasteiger partial charge in [0, 0.05) is 11.6 Å². The smallest absolute Gasteiger partial charge is 0.131 e. The summed E-state index contributed by atoms with van der Waals surface area (Å²) >= 11 is 0. The van der Waals surface area contributed by atoms with Crippen LogP contribution in [-0.2, 0) is 0 Å². The summed E-state index contributed by atoms with van der Waals surface area (Å²) in [5, 5.41) is 18.0. The summed E-state index contributed by atoms with van der Waals surface area (Å²) in [5.41, 5.74) is 6.12. The molecule has 0 spiro atoms. The van der Waals surface area contributed by atoms with Crippen LogP contribution in [0.1, 0.15) is 23.6 Å². The summed E-state index contributed by atoms with van der Waals surface area (Å²) in [6.07, 6.45) is -0.0199. The second-order valence-electron chi connectivity index (χ2n) is 3.10. The van der Waals surface area contributed by atoms with Gasteiger partial charge in [-0.05, 0) is 18.6 Å². The fourth-order valence-corrected chi connectivity index (χ4v) is 1.25. The van der Waals surface area contributed by atoms with Crippen LogP contribution in [0.2, 0.25) is 0 Å². The van der Waals surface area contributed by atoms with Gasteiger partial charge in [-0.15, -0.1) is 0 Å². The van der Waals surface area contributed by atoms with Crippen molar-refractivity contribution in [2.24, 2.45) is 5.73 Å². The third-order valence-electron chi connectivity index (χ3n) is 2.05. The van der Waals surface area contributed by atoms with E-state index in [1.807, 2.05) is 6.07 Å². The molecule has 1 rings (SSSR count). The molecule has 0 saturated carbocycles. The van der Waals surface area contributed by atoms with E-state index in [0.717, 1.165) is 0 Å². The van der Waals surface area contributed by atoms with Gasteiger partial charge in [0.1, 0.15) is 11.6 Å². The van der Waals surface area contributed by atoms with Crippen LogP contribution in [0, 0.1) is 24.1 Å². The number of nitrogens with two attached hydrogens (primary N) is 1. The van der Waals surface area contributed by atoms with E-state index in [9.17, 15) is 9.50 Å². The summed E-state index contributed by atoms with van der Waals surface area (Å²) in [7, 11) is 0. The molecule has 0 aliphatic rings. The van der Waals surface area contributed by atoms with Gasteiger partial charge in [0.25, 0.3) is 0 Å². The first-order valence-corrected chi connectivity index (χ1v) is 4.18. The predicted molar refractivity (Wildman–Crippen MR) is 50.0 cm³/mol. The minimum atomic E-state index is -0.778. The van der Waals surface area contributed by atoms with Gasteiger partial charge in [0.2, 0.25) is 0 Å². The van der Waals surface area contributed by atoms with Crippen LogP contribution in [-0.4, -0.2) is 5.11 Å². The van der Waals surface area contributed by atoms with Crippen molar-refractivity contribution in [1.29, 1.82) is 5.26 Å². The number of aromatic hydroxyl groups is 1. The second-order valence-corrected chi connectivity index (χ2v) is 3.10. The van der Waals surface area contributed by atoms with Gasteiger partial charge < -0.3 is 10.8 Å². The SMILES string of the molecule is Cc1ccc(F)c([C@H](N)CC#N)c1O. The number of phenols is 1. The molecule has 0 bridgehead atoms. The van der Waals surface area contributed by atoms with Crippen molar-refractivity contribution in [3.05, 3.63) is 29.1 Å². The third kappa shape index (κ3) is 1.83. The zero-order valence-corrected chi connectivity index (χ0v) is 7.79. The van der Waals surface area contributed by atoms with Gasteiger partial charge in [-0.25, -0.2) is 4.39 Å². The molecule has 0 unspecified atom stereocenters. The van der Waals surface area contributed by atoms with E-state index in [-0.39, 0.29) is 17.7 Å². The Hall–Kier alpha value is -1.60. The van der Waals surface area contributed by atoms with Crippen molar-refractivity contribution in [3.8, 4) is 11.8 Å². The molecule has 1 atom stereocenters. The largest absolute Gasteiger partial charge is 0.507 e. The van der Waals surface area contributed by atoms with Crippen molar-refractivity contribution >= 4 is 0 Å². The summed E-state index contributed by atoms with van der Waals surface area (Å²) in [5.74, 6) is -0.733. The highest BCUT2D eigenvalue weighted by atomic mass is 19.1. The molecule has 3 nitrogen and oxygen atoms in total. The maximum absolute atomic E-state index is 13.3. The van der Waals surface area contributed by atoms with Crippen LogP contribution in [0.15, 0.2) is 12.1 Å². The Labute approximate surface area is 81.6 Å². The molecule has 14 heavy (non-hydrogen) atoms. The molecule has 0 radical (unpaired) electrons. The number of nitriles is 1. The average Bonchev–Trinajstić information content (AvgIpc) is 2.13. The minimum absolute atomic E-state index is 0.0199. The van der Waals surface area contributed by atoms with E-state index in [2.05, 4.69) is 0 Å². The molecule has 3 N–H and O–H groups in total. The number of rotatable bonds is 2. The van der Waals surface area contributed by atoms with Gasteiger partial charge in [-0.1, -0.05) is 6.07 Å². The summed E-state index contributed by atoms with van der Waals surface area (Å²) in [6.45, 7) is 1.65. The monoisotopic (exact) mass is 194 g/mol. The fourth-order valence-electron chi connectivity index (χ4n) is 1.25. The zero-order valence-electron chi connectivity index (χ0n) is 7.79. The molecule has 1 aromatic rings. The highest BCUT2D eigenvalue weighted by molar-refractivity contribution is 5.42. The average molecular weight is 194 g/mol. The number of phenolic OH excluding ortho intramolecular Hbond substituents is 1. The van der Waals surface area contributed by atoms with Crippen molar-refractivity contribution in [2.75, 3.05) is 0 Å². The molecular formula is C10H11FN2O. The van der Waals surface area contributed by atoms with Gasteiger partial charge >= 0.3 is 0 Å². The van der Waals surface area contributed by atoms with Crippen LogP contribution in [0.5, 0.6) is 5.75 Å². The van der Waals surface area contributed by atoms with E-state index in [1.165, 1.54) is 12.1 Å². The highest BCUT2D eigenvalue weighted by Gasteiger charge is 2.17. The first-order valence-electron chi connectivity index (χ1n) is 4.18. The van der Waals surface area contributed by atoms with E-state index < -0.39 is 11.9 Å². The molecule has 0 heterocycles. The van der Waals surface area contributed by atoms with Gasteiger partial charge in [-0.2, -0.15) is 5.26 Å². The van der Waals surface area contributed by atoms with Crippen LogP contribution < -0.4 is 5.73 Å². The quantitative estimate of drug-likeness (QED) is 0.753. The maximum atomic E-state index is 13.3. The molecule has 0 aliphatic carbocycles. The van der Waals surface area contributed by atoms with E-state index in [4.69, 9.17) is 11.0 Å². The first-order chi connectivity index (χ1) is 6.57. The maximum Gasteiger partial charge on any atom is 0.131 e. The number of halogens is 1. The Kier molecular flexibility index (Phi) is 3.05. The molecule has 1 aromatic carbocycles. The minimum Gasteiger partial charge on any atom is -0.507 e. The predicted octanol–water partition coefficient (Wildman–Crippen LogP) is 1.75. The Morgan fingerprint density at radius 1 is 1.64 bits per heavy atom. The van der Waals surface area contributed by atoms with Crippen molar-refractivity contribution in [3.63, 3.8) is 0 Å².